The van der Waals surface area contributed by atoms with Gasteiger partial charge in [0.1, 0.15) is 0 Å². The molecule has 0 unspecified atom stereocenters. The molecule has 23 heavy (non-hydrogen) atoms. The number of rotatable bonds is 0. The maximum Gasteiger partial charge on any atom is 0 e. The van der Waals surface area contributed by atoms with Gasteiger partial charge >= 0.3 is 0 Å². The van der Waals surface area contributed by atoms with Crippen LogP contribution >= 0.6 is 0 Å². The fraction of sp³-hybridized carbons (Fsp3) is 0.429. The van der Waals surface area contributed by atoms with E-state index in [1.54, 1.807) is 0 Å². The van der Waals surface area contributed by atoms with Gasteiger partial charge in [0.25, 0.3) is 0 Å². The Hall–Kier alpha value is 0.648. The second kappa shape index (κ2) is 66.3. The van der Waals surface area contributed by atoms with Crippen LogP contribution in [0.1, 0.15) is 65.2 Å². The first-order valence-corrected chi connectivity index (χ1v) is 6.82. The number of hydrogen-bond acceptors (Lipinski definition) is 0. The molecule has 134 valence electrons. The quantitative estimate of drug-likeness (QED) is 0.339. The molecule has 2 heteroatoms. The zero-order valence-electron chi connectivity index (χ0n) is 13.9. The summed E-state index contributed by atoms with van der Waals surface area (Å²) in [4.78, 5) is 0. The van der Waals surface area contributed by atoms with Crippen LogP contribution in [0.25, 0.3) is 0 Å². The van der Waals surface area contributed by atoms with Gasteiger partial charge in [-0.25, -0.2) is 0 Å². The summed E-state index contributed by atoms with van der Waals surface area (Å²) in [5.41, 5.74) is 0. The van der Waals surface area contributed by atoms with E-state index in [0.717, 1.165) is 0 Å². The molecule has 0 N–H and O–H groups in total. The Bertz CT molecular complexity index is 191. The third-order valence-electron chi connectivity index (χ3n) is 1.21. The monoisotopic (exact) mass is 473 g/mol. The van der Waals surface area contributed by atoms with Crippen molar-refractivity contribution in [2.24, 2.45) is 0 Å². The standard InChI is InChI=1S/2C6H5.3C2H6.3CH4.2Y.H2/c2*1-2-4-6-5-3-1;3*1-2;;;;;;/h2*1-5H;3*1-2H3;3*1H4;;;1H/q2*-1;;;;;;;;;/i;;;;;;;;;;1+1. The van der Waals surface area contributed by atoms with Gasteiger partial charge in [0.2, 0.25) is 0 Å². The average molecular weight is 473 g/mol. The SMILES string of the molecule is C.C.C.CC.CC.CC.[2HH].[Y].[Y].[c-]1ccccc1.[c-]1ccccc1. The van der Waals surface area contributed by atoms with Crippen LogP contribution in [-0.2, 0) is 65.4 Å². The Morgan fingerprint density at radius 3 is 0.652 bits per heavy atom. The van der Waals surface area contributed by atoms with E-state index in [-0.39, 0.29) is 89.1 Å². The van der Waals surface area contributed by atoms with Crippen molar-refractivity contribution >= 4 is 0 Å². The second-order valence-corrected chi connectivity index (χ2v) is 2.15. The van der Waals surface area contributed by atoms with Crippen molar-refractivity contribution in [3.8, 4) is 0 Å². The summed E-state index contributed by atoms with van der Waals surface area (Å²) in [6.07, 6.45) is 0. The fourth-order valence-corrected chi connectivity index (χ4v) is 0.684. The molecular formula is C21H42Y2-2. The molecule has 0 spiro atoms. The molecule has 0 saturated carbocycles. The molecule has 2 aromatic carbocycles. The molecule has 0 saturated heterocycles. The van der Waals surface area contributed by atoms with E-state index in [1.165, 1.54) is 0 Å². The summed E-state index contributed by atoms with van der Waals surface area (Å²) in [5.74, 6) is 0. The van der Waals surface area contributed by atoms with Gasteiger partial charge < -0.3 is 0 Å². The van der Waals surface area contributed by atoms with Crippen LogP contribution < -0.4 is 0 Å². The minimum Gasteiger partial charge on any atom is -0.184 e. The van der Waals surface area contributed by atoms with Crippen molar-refractivity contribution in [1.29, 1.82) is 0 Å². The smallest absolute Gasteiger partial charge is 0 e. The van der Waals surface area contributed by atoms with E-state index in [2.05, 4.69) is 12.1 Å². The van der Waals surface area contributed by atoms with Crippen LogP contribution in [-0.4, -0.2) is 0 Å². The molecule has 2 radical (unpaired) electrons. The van der Waals surface area contributed by atoms with Gasteiger partial charge in [0.15, 0.2) is 0 Å². The van der Waals surface area contributed by atoms with Crippen molar-refractivity contribution in [3.05, 3.63) is 72.8 Å². The Morgan fingerprint density at radius 2 is 0.609 bits per heavy atom. The summed E-state index contributed by atoms with van der Waals surface area (Å²) in [6, 6.07) is 25.0. The minimum atomic E-state index is 0. The number of hydrogen-bond donors (Lipinski definition) is 0. The predicted molar refractivity (Wildman–Crippen MR) is 107 cm³/mol. The van der Waals surface area contributed by atoms with Gasteiger partial charge in [0, 0.05) is 66.8 Å². The normalized spacial score (nSPS) is 4.96. The molecule has 0 aromatic heterocycles. The molecule has 0 aliphatic rings. The molecule has 0 aliphatic carbocycles. The second-order valence-electron chi connectivity index (χ2n) is 2.15. The van der Waals surface area contributed by atoms with Gasteiger partial charge in [-0.05, 0) is 0 Å². The minimum absolute atomic E-state index is 0. The maximum absolute atomic E-state index is 2.89. The third kappa shape index (κ3) is 60.4. The zero-order chi connectivity index (χ0) is 14.5. The Labute approximate surface area is 201 Å². The van der Waals surface area contributed by atoms with Crippen LogP contribution in [0.3, 0.4) is 0 Å². The third-order valence-corrected chi connectivity index (χ3v) is 1.21. The predicted octanol–water partition coefficient (Wildman–Crippen LogP) is 8.20. The molecule has 2 aromatic rings. The molecule has 0 amide bonds. The van der Waals surface area contributed by atoms with Crippen molar-refractivity contribution in [3.63, 3.8) is 0 Å². The van der Waals surface area contributed by atoms with Gasteiger partial charge in [0.05, 0.1) is 0 Å². The molecular weight excluding hydrogens is 430 g/mol. The molecule has 0 bridgehead atoms. The molecule has 0 aliphatic heterocycles. The first kappa shape index (κ1) is 49.5. The molecule has 0 fully saturated rings. The summed E-state index contributed by atoms with van der Waals surface area (Å²) < 4.78 is 0. The van der Waals surface area contributed by atoms with Gasteiger partial charge in [-0.1, -0.05) is 63.8 Å². The average Bonchev–Trinajstić information content (AvgIpc) is 2.57. The fourth-order valence-electron chi connectivity index (χ4n) is 0.684. The van der Waals surface area contributed by atoms with Crippen LogP contribution in [0.15, 0.2) is 60.7 Å². The van der Waals surface area contributed by atoms with Crippen LogP contribution in [0.5, 0.6) is 0 Å². The summed E-state index contributed by atoms with van der Waals surface area (Å²) in [7, 11) is 0. The van der Waals surface area contributed by atoms with E-state index in [9.17, 15) is 0 Å². The van der Waals surface area contributed by atoms with Crippen LogP contribution in [0.4, 0.5) is 0 Å². The summed E-state index contributed by atoms with van der Waals surface area (Å²) in [6.45, 7) is 12.0. The van der Waals surface area contributed by atoms with Crippen molar-refractivity contribution in [2.75, 3.05) is 0 Å². The Balaban J connectivity index is -0.0000000172. The molecule has 2 rings (SSSR count). The Kier molecular flexibility index (Phi) is 143. The zero-order valence-corrected chi connectivity index (χ0v) is 19.6. The van der Waals surface area contributed by atoms with Crippen LogP contribution in [0.2, 0.25) is 0 Å². The Morgan fingerprint density at radius 1 is 0.435 bits per heavy atom. The first-order chi connectivity index (χ1) is 9.00. The summed E-state index contributed by atoms with van der Waals surface area (Å²) in [5, 5.41) is 0. The van der Waals surface area contributed by atoms with E-state index in [0.29, 0.717) is 0 Å². The van der Waals surface area contributed by atoms with Gasteiger partial charge in [-0.2, -0.15) is 72.8 Å². The molecule has 0 atom stereocenters. The van der Waals surface area contributed by atoms with Crippen molar-refractivity contribution in [1.82, 2.24) is 0 Å². The first-order valence-electron chi connectivity index (χ1n) is 6.82. The number of benzene rings is 2. The van der Waals surface area contributed by atoms with Crippen molar-refractivity contribution < 1.29 is 66.8 Å². The van der Waals surface area contributed by atoms with Gasteiger partial charge in [-0.3, -0.25) is 0 Å². The topological polar surface area (TPSA) is 0 Å². The molecule has 0 heterocycles. The van der Waals surface area contributed by atoms with E-state index in [4.69, 9.17) is 0 Å². The van der Waals surface area contributed by atoms with E-state index in [1.807, 2.05) is 102 Å². The van der Waals surface area contributed by atoms with Crippen LogP contribution in [0, 0.1) is 12.1 Å². The molecule has 0 nitrogen and oxygen atoms in total. The maximum atomic E-state index is 2.89. The van der Waals surface area contributed by atoms with Gasteiger partial charge in [-0.15, -0.1) is 0 Å². The largest absolute Gasteiger partial charge is 0.184 e. The van der Waals surface area contributed by atoms with E-state index >= 15 is 0 Å². The van der Waals surface area contributed by atoms with Crippen molar-refractivity contribution in [2.45, 2.75) is 63.8 Å². The van der Waals surface area contributed by atoms with E-state index < -0.39 is 0 Å². The summed E-state index contributed by atoms with van der Waals surface area (Å²) >= 11 is 0.